The molecule has 0 spiro atoms. The van der Waals surface area contributed by atoms with Crippen LogP contribution in [-0.4, -0.2) is 14.0 Å². The highest BCUT2D eigenvalue weighted by Gasteiger charge is 2.29. The molecule has 0 saturated carbocycles. The van der Waals surface area contributed by atoms with Crippen LogP contribution in [0.25, 0.3) is 10.8 Å². The first-order chi connectivity index (χ1) is 12.7. The third-order valence-corrected chi connectivity index (χ3v) is 6.53. The predicted molar refractivity (Wildman–Crippen MR) is 112 cm³/mol. The van der Waals surface area contributed by atoms with Gasteiger partial charge in [0.1, 0.15) is 0 Å². The Morgan fingerprint density at radius 1 is 1.00 bits per heavy atom. The summed E-state index contributed by atoms with van der Waals surface area (Å²) in [6.07, 6.45) is 1.00. The van der Waals surface area contributed by atoms with Gasteiger partial charge in [-0.3, -0.25) is 4.72 Å². The number of benzene rings is 3. The molecule has 0 fully saturated rings. The van der Waals surface area contributed by atoms with Crippen LogP contribution < -0.4 is 10.0 Å². The van der Waals surface area contributed by atoms with Gasteiger partial charge in [0.05, 0.1) is 4.90 Å². The summed E-state index contributed by atoms with van der Waals surface area (Å²) in [5.74, 6) is 0.362. The standard InChI is InChI=1S/C22H24N2O2S/c1-15-14-22(2,3)23-21-11-9-18(13-20(15)21)24-27(25,26)19-10-8-16-6-4-5-7-17(16)12-19/h4-13,15,23-24H,14H2,1-3H3. The molecule has 4 nitrogen and oxygen atoms in total. The summed E-state index contributed by atoms with van der Waals surface area (Å²) in [5.41, 5.74) is 2.86. The highest BCUT2D eigenvalue weighted by atomic mass is 32.2. The first-order valence-corrected chi connectivity index (χ1v) is 10.7. The normalized spacial score (nSPS) is 18.6. The number of hydrogen-bond acceptors (Lipinski definition) is 3. The molecule has 2 N–H and O–H groups in total. The molecule has 0 aliphatic carbocycles. The summed E-state index contributed by atoms with van der Waals surface area (Å²) in [7, 11) is -3.64. The Labute approximate surface area is 160 Å². The molecule has 1 aliphatic rings. The van der Waals surface area contributed by atoms with Gasteiger partial charge in [0.15, 0.2) is 0 Å². The number of anilines is 2. The Hall–Kier alpha value is -2.53. The molecule has 0 bridgehead atoms. The molecule has 4 rings (SSSR count). The molecule has 1 unspecified atom stereocenters. The molecule has 1 atom stereocenters. The molecule has 3 aromatic carbocycles. The lowest BCUT2D eigenvalue weighted by Crippen LogP contribution is -2.36. The Morgan fingerprint density at radius 2 is 1.74 bits per heavy atom. The average molecular weight is 381 g/mol. The molecular weight excluding hydrogens is 356 g/mol. The molecule has 0 saturated heterocycles. The molecule has 0 amide bonds. The maximum Gasteiger partial charge on any atom is 0.261 e. The van der Waals surface area contributed by atoms with Crippen LogP contribution in [0, 0.1) is 0 Å². The minimum Gasteiger partial charge on any atom is -0.380 e. The Morgan fingerprint density at radius 3 is 2.52 bits per heavy atom. The summed E-state index contributed by atoms with van der Waals surface area (Å²) < 4.78 is 28.5. The van der Waals surface area contributed by atoms with E-state index in [2.05, 4.69) is 30.8 Å². The van der Waals surface area contributed by atoms with Gasteiger partial charge in [-0.2, -0.15) is 0 Å². The van der Waals surface area contributed by atoms with Crippen molar-refractivity contribution in [1.82, 2.24) is 0 Å². The maximum atomic E-state index is 12.9. The Kier molecular flexibility index (Phi) is 4.15. The van der Waals surface area contributed by atoms with Crippen molar-refractivity contribution in [3.63, 3.8) is 0 Å². The van der Waals surface area contributed by atoms with Crippen molar-refractivity contribution in [2.45, 2.75) is 43.5 Å². The lowest BCUT2D eigenvalue weighted by atomic mass is 9.82. The minimum absolute atomic E-state index is 0.0402. The molecule has 0 aromatic heterocycles. The van der Waals surface area contributed by atoms with E-state index >= 15 is 0 Å². The molecule has 5 heteroatoms. The first-order valence-electron chi connectivity index (χ1n) is 9.17. The van der Waals surface area contributed by atoms with E-state index in [1.165, 1.54) is 0 Å². The molecule has 140 valence electrons. The number of hydrogen-bond donors (Lipinski definition) is 2. The van der Waals surface area contributed by atoms with E-state index < -0.39 is 10.0 Å². The smallest absolute Gasteiger partial charge is 0.261 e. The van der Waals surface area contributed by atoms with Crippen LogP contribution in [0.2, 0.25) is 0 Å². The van der Waals surface area contributed by atoms with E-state index in [-0.39, 0.29) is 10.4 Å². The van der Waals surface area contributed by atoms with Crippen LogP contribution in [0.1, 0.15) is 38.7 Å². The third-order valence-electron chi connectivity index (χ3n) is 5.16. The van der Waals surface area contributed by atoms with E-state index in [9.17, 15) is 8.42 Å². The van der Waals surface area contributed by atoms with Gasteiger partial charge in [0.2, 0.25) is 0 Å². The van der Waals surface area contributed by atoms with Crippen LogP contribution in [0.4, 0.5) is 11.4 Å². The molecular formula is C22H24N2O2S. The van der Waals surface area contributed by atoms with Crippen LogP contribution >= 0.6 is 0 Å². The largest absolute Gasteiger partial charge is 0.380 e. The Balaban J connectivity index is 1.66. The van der Waals surface area contributed by atoms with Gasteiger partial charge < -0.3 is 5.32 Å². The molecule has 27 heavy (non-hydrogen) atoms. The van der Waals surface area contributed by atoms with Gasteiger partial charge in [0, 0.05) is 16.9 Å². The van der Waals surface area contributed by atoms with Crippen molar-refractivity contribution in [3.8, 4) is 0 Å². The van der Waals surface area contributed by atoms with E-state index in [0.717, 1.165) is 28.4 Å². The lowest BCUT2D eigenvalue weighted by Gasteiger charge is -2.37. The van der Waals surface area contributed by atoms with Gasteiger partial charge in [0.25, 0.3) is 10.0 Å². The fraction of sp³-hybridized carbons (Fsp3) is 0.273. The fourth-order valence-corrected chi connectivity index (χ4v) is 5.07. The van der Waals surface area contributed by atoms with Crippen LogP contribution in [0.3, 0.4) is 0 Å². The highest BCUT2D eigenvalue weighted by Crippen LogP contribution is 2.40. The molecule has 3 aromatic rings. The van der Waals surface area contributed by atoms with Crippen molar-refractivity contribution >= 4 is 32.2 Å². The SMILES string of the molecule is CC1CC(C)(C)Nc2ccc(NS(=O)(=O)c3ccc4ccccc4c3)cc21. The summed E-state index contributed by atoms with van der Waals surface area (Å²) in [6, 6.07) is 18.7. The number of rotatable bonds is 3. The fourth-order valence-electron chi connectivity index (χ4n) is 3.99. The monoisotopic (exact) mass is 380 g/mol. The predicted octanol–water partition coefficient (Wildman–Crippen LogP) is 5.34. The zero-order chi connectivity index (χ0) is 19.2. The van der Waals surface area contributed by atoms with E-state index in [4.69, 9.17) is 0 Å². The summed E-state index contributed by atoms with van der Waals surface area (Å²) >= 11 is 0. The van der Waals surface area contributed by atoms with Crippen molar-refractivity contribution in [2.75, 3.05) is 10.0 Å². The van der Waals surface area contributed by atoms with Gasteiger partial charge in [-0.05, 0) is 72.9 Å². The first kappa shape index (κ1) is 17.9. The van der Waals surface area contributed by atoms with Crippen molar-refractivity contribution < 1.29 is 8.42 Å². The summed E-state index contributed by atoms with van der Waals surface area (Å²) in [4.78, 5) is 0.270. The van der Waals surface area contributed by atoms with Crippen LogP contribution in [-0.2, 0) is 10.0 Å². The van der Waals surface area contributed by atoms with Gasteiger partial charge in [-0.25, -0.2) is 8.42 Å². The van der Waals surface area contributed by atoms with Gasteiger partial charge in [-0.1, -0.05) is 37.3 Å². The summed E-state index contributed by atoms with van der Waals surface area (Å²) in [6.45, 7) is 6.55. The van der Waals surface area contributed by atoms with Crippen molar-refractivity contribution in [3.05, 3.63) is 66.2 Å². The third kappa shape index (κ3) is 3.52. The number of nitrogens with one attached hydrogen (secondary N) is 2. The minimum atomic E-state index is -3.64. The number of fused-ring (bicyclic) bond motifs is 2. The molecule has 0 radical (unpaired) electrons. The van der Waals surface area contributed by atoms with Crippen LogP contribution in [0.5, 0.6) is 0 Å². The van der Waals surface area contributed by atoms with Crippen molar-refractivity contribution in [2.24, 2.45) is 0 Å². The quantitative estimate of drug-likeness (QED) is 0.645. The second-order valence-electron chi connectivity index (χ2n) is 8.03. The highest BCUT2D eigenvalue weighted by molar-refractivity contribution is 7.92. The van der Waals surface area contributed by atoms with E-state index in [0.29, 0.717) is 11.6 Å². The topological polar surface area (TPSA) is 58.2 Å². The molecule has 1 heterocycles. The van der Waals surface area contributed by atoms with Crippen molar-refractivity contribution in [1.29, 1.82) is 0 Å². The van der Waals surface area contributed by atoms with Crippen LogP contribution in [0.15, 0.2) is 65.6 Å². The Bertz CT molecular complexity index is 1120. The summed E-state index contributed by atoms with van der Waals surface area (Å²) in [5, 5.41) is 5.46. The van der Waals surface area contributed by atoms with E-state index in [1.54, 1.807) is 12.1 Å². The average Bonchev–Trinajstić information content (AvgIpc) is 2.61. The zero-order valence-electron chi connectivity index (χ0n) is 15.8. The lowest BCUT2D eigenvalue weighted by molar-refractivity contribution is 0.454. The zero-order valence-corrected chi connectivity index (χ0v) is 16.6. The van der Waals surface area contributed by atoms with E-state index in [1.807, 2.05) is 48.5 Å². The second kappa shape index (κ2) is 6.27. The van der Waals surface area contributed by atoms with Gasteiger partial charge in [-0.15, -0.1) is 0 Å². The maximum absolute atomic E-state index is 12.9. The second-order valence-corrected chi connectivity index (χ2v) is 9.71. The molecule has 1 aliphatic heterocycles. The van der Waals surface area contributed by atoms with Gasteiger partial charge >= 0.3 is 0 Å². The number of sulfonamides is 1.